The summed E-state index contributed by atoms with van der Waals surface area (Å²) >= 11 is 11.7. The average molecular weight is 244 g/mol. The van der Waals surface area contributed by atoms with Gasteiger partial charge in [-0.2, -0.15) is 0 Å². The van der Waals surface area contributed by atoms with Gasteiger partial charge in [0.1, 0.15) is 0 Å². The monoisotopic (exact) mass is 243 g/mol. The van der Waals surface area contributed by atoms with Crippen molar-refractivity contribution in [3.05, 3.63) is 46.1 Å². The normalized spacial score (nSPS) is 10.1. The van der Waals surface area contributed by atoms with Gasteiger partial charge in [0.05, 0.1) is 10.0 Å². The number of allylic oxidation sites excluding steroid dienone is 1. The van der Waals surface area contributed by atoms with Crippen LogP contribution in [-0.4, -0.2) is 6.54 Å². The molecule has 1 rings (SSSR count). The highest BCUT2D eigenvalue weighted by atomic mass is 35.5. The second kappa shape index (κ2) is 6.04. The number of aryl methyl sites for hydroxylation is 1. The molecule has 0 aliphatic rings. The van der Waals surface area contributed by atoms with E-state index in [1.54, 1.807) is 0 Å². The lowest BCUT2D eigenvalue weighted by Gasteiger charge is -2.05. The molecule has 0 spiro atoms. The van der Waals surface area contributed by atoms with Crippen molar-refractivity contribution in [2.24, 2.45) is 0 Å². The standard InChI is InChI=1S/C12H15Cl2N/c1-9(2)15-7-3-4-10-5-6-11(13)12(14)8-10/h5-6,8,15H,1,3-4,7H2,2H3. The first-order valence-corrected chi connectivity index (χ1v) is 5.68. The fraction of sp³-hybridized carbons (Fsp3) is 0.333. The van der Waals surface area contributed by atoms with Crippen LogP contribution in [0.1, 0.15) is 18.9 Å². The molecule has 1 aromatic rings. The van der Waals surface area contributed by atoms with Crippen molar-refractivity contribution in [3.63, 3.8) is 0 Å². The minimum absolute atomic E-state index is 0.612. The first-order valence-electron chi connectivity index (χ1n) is 4.93. The van der Waals surface area contributed by atoms with Crippen molar-refractivity contribution in [1.29, 1.82) is 0 Å². The SMILES string of the molecule is C=C(C)NCCCc1ccc(Cl)c(Cl)c1. The molecule has 0 bridgehead atoms. The molecule has 0 aliphatic heterocycles. The van der Waals surface area contributed by atoms with Crippen molar-refractivity contribution >= 4 is 23.2 Å². The molecular formula is C12H15Cl2N. The summed E-state index contributed by atoms with van der Waals surface area (Å²) in [6, 6.07) is 5.77. The van der Waals surface area contributed by atoms with Gasteiger partial charge >= 0.3 is 0 Å². The van der Waals surface area contributed by atoms with Crippen molar-refractivity contribution < 1.29 is 0 Å². The molecule has 3 heteroatoms. The van der Waals surface area contributed by atoms with Crippen LogP contribution in [0.2, 0.25) is 10.0 Å². The van der Waals surface area contributed by atoms with Crippen LogP contribution in [0, 0.1) is 0 Å². The van der Waals surface area contributed by atoms with E-state index in [0.717, 1.165) is 25.1 Å². The summed E-state index contributed by atoms with van der Waals surface area (Å²) in [5.41, 5.74) is 2.22. The molecule has 0 saturated carbocycles. The van der Waals surface area contributed by atoms with Gasteiger partial charge in [-0.1, -0.05) is 35.8 Å². The van der Waals surface area contributed by atoms with Crippen LogP contribution in [0.25, 0.3) is 0 Å². The predicted molar refractivity (Wildman–Crippen MR) is 67.6 cm³/mol. The van der Waals surface area contributed by atoms with E-state index >= 15 is 0 Å². The van der Waals surface area contributed by atoms with Gasteiger partial charge in [0.15, 0.2) is 0 Å². The summed E-state index contributed by atoms with van der Waals surface area (Å²) in [6.45, 7) is 6.67. The maximum atomic E-state index is 5.92. The Morgan fingerprint density at radius 1 is 1.33 bits per heavy atom. The third-order valence-corrected chi connectivity index (χ3v) is 2.79. The van der Waals surface area contributed by atoms with E-state index in [4.69, 9.17) is 23.2 Å². The van der Waals surface area contributed by atoms with E-state index in [1.165, 1.54) is 5.56 Å². The molecule has 0 radical (unpaired) electrons. The van der Waals surface area contributed by atoms with Gasteiger partial charge in [0.25, 0.3) is 0 Å². The molecule has 0 amide bonds. The maximum absolute atomic E-state index is 5.92. The molecule has 0 aliphatic carbocycles. The van der Waals surface area contributed by atoms with E-state index in [-0.39, 0.29) is 0 Å². The Morgan fingerprint density at radius 3 is 2.67 bits per heavy atom. The fourth-order valence-electron chi connectivity index (χ4n) is 1.29. The first kappa shape index (κ1) is 12.4. The van der Waals surface area contributed by atoms with Crippen molar-refractivity contribution in [1.82, 2.24) is 5.32 Å². The Balaban J connectivity index is 2.38. The number of halogens is 2. The van der Waals surface area contributed by atoms with Crippen LogP contribution in [-0.2, 0) is 6.42 Å². The van der Waals surface area contributed by atoms with Crippen molar-refractivity contribution in [3.8, 4) is 0 Å². The molecule has 0 atom stereocenters. The summed E-state index contributed by atoms with van der Waals surface area (Å²) in [4.78, 5) is 0. The zero-order valence-electron chi connectivity index (χ0n) is 8.82. The highest BCUT2D eigenvalue weighted by molar-refractivity contribution is 6.42. The lowest BCUT2D eigenvalue weighted by Crippen LogP contribution is -2.12. The quantitative estimate of drug-likeness (QED) is 0.770. The third kappa shape index (κ3) is 4.59. The van der Waals surface area contributed by atoms with E-state index < -0.39 is 0 Å². The topological polar surface area (TPSA) is 12.0 Å². The van der Waals surface area contributed by atoms with E-state index in [2.05, 4.69) is 11.9 Å². The summed E-state index contributed by atoms with van der Waals surface area (Å²) < 4.78 is 0. The van der Waals surface area contributed by atoms with Gasteiger partial charge < -0.3 is 5.32 Å². The zero-order valence-corrected chi connectivity index (χ0v) is 10.3. The fourth-order valence-corrected chi connectivity index (χ4v) is 1.61. The Hall–Kier alpha value is -0.660. The van der Waals surface area contributed by atoms with Crippen molar-refractivity contribution in [2.75, 3.05) is 6.54 Å². The lowest BCUT2D eigenvalue weighted by atomic mass is 10.1. The highest BCUT2D eigenvalue weighted by Gasteiger charge is 1.99. The molecule has 0 aromatic heterocycles. The average Bonchev–Trinajstić information content (AvgIpc) is 2.18. The maximum Gasteiger partial charge on any atom is 0.0595 e. The molecule has 15 heavy (non-hydrogen) atoms. The zero-order chi connectivity index (χ0) is 11.3. The van der Waals surface area contributed by atoms with Crippen LogP contribution in [0.4, 0.5) is 0 Å². The smallest absolute Gasteiger partial charge is 0.0595 e. The molecule has 1 nitrogen and oxygen atoms in total. The van der Waals surface area contributed by atoms with Crippen LogP contribution in [0.5, 0.6) is 0 Å². The van der Waals surface area contributed by atoms with E-state index in [9.17, 15) is 0 Å². The minimum atomic E-state index is 0.612. The Labute approximate surface area is 101 Å². The molecule has 0 unspecified atom stereocenters. The van der Waals surface area contributed by atoms with Crippen LogP contribution >= 0.6 is 23.2 Å². The number of nitrogens with one attached hydrogen (secondary N) is 1. The largest absolute Gasteiger partial charge is 0.389 e. The second-order valence-corrected chi connectivity index (χ2v) is 4.37. The number of hydrogen-bond acceptors (Lipinski definition) is 1. The van der Waals surface area contributed by atoms with Crippen molar-refractivity contribution in [2.45, 2.75) is 19.8 Å². The van der Waals surface area contributed by atoms with Gasteiger partial charge in [-0.25, -0.2) is 0 Å². The van der Waals surface area contributed by atoms with Crippen LogP contribution < -0.4 is 5.32 Å². The summed E-state index contributed by atoms with van der Waals surface area (Å²) in [7, 11) is 0. The first-order chi connectivity index (χ1) is 7.09. The summed E-state index contributed by atoms with van der Waals surface area (Å²) in [5.74, 6) is 0. The van der Waals surface area contributed by atoms with Gasteiger partial charge in [0.2, 0.25) is 0 Å². The van der Waals surface area contributed by atoms with Gasteiger partial charge in [-0.15, -0.1) is 0 Å². The summed E-state index contributed by atoms with van der Waals surface area (Å²) in [6.07, 6.45) is 2.06. The van der Waals surface area contributed by atoms with Gasteiger partial charge in [0, 0.05) is 12.2 Å². The molecule has 0 saturated heterocycles. The number of benzene rings is 1. The molecule has 0 fully saturated rings. The lowest BCUT2D eigenvalue weighted by molar-refractivity contribution is 0.726. The molecule has 1 aromatic carbocycles. The molecular weight excluding hydrogens is 229 g/mol. The van der Waals surface area contributed by atoms with E-state index in [1.807, 2.05) is 25.1 Å². The molecule has 82 valence electrons. The highest BCUT2D eigenvalue weighted by Crippen LogP contribution is 2.22. The van der Waals surface area contributed by atoms with E-state index in [0.29, 0.717) is 10.0 Å². The Morgan fingerprint density at radius 2 is 2.07 bits per heavy atom. The Bertz CT molecular complexity index is 347. The second-order valence-electron chi connectivity index (χ2n) is 3.56. The predicted octanol–water partition coefficient (Wildman–Crippen LogP) is 4.05. The third-order valence-electron chi connectivity index (χ3n) is 2.05. The van der Waals surface area contributed by atoms with Crippen LogP contribution in [0.15, 0.2) is 30.5 Å². The number of hydrogen-bond donors (Lipinski definition) is 1. The van der Waals surface area contributed by atoms with Crippen LogP contribution in [0.3, 0.4) is 0 Å². The van der Waals surface area contributed by atoms with Gasteiger partial charge in [-0.05, 0) is 37.5 Å². The number of rotatable bonds is 5. The Kier molecular flexibility index (Phi) is 5.00. The molecule has 0 heterocycles. The molecule has 1 N–H and O–H groups in total. The summed E-state index contributed by atoms with van der Waals surface area (Å²) in [5, 5.41) is 4.43. The minimum Gasteiger partial charge on any atom is -0.389 e. The van der Waals surface area contributed by atoms with Gasteiger partial charge in [-0.3, -0.25) is 0 Å².